The first-order valence-corrected chi connectivity index (χ1v) is 5.00. The topological polar surface area (TPSA) is 52.3 Å². The van der Waals surface area contributed by atoms with E-state index in [0.717, 1.165) is 10.0 Å². The molecule has 76 valence electrons. The van der Waals surface area contributed by atoms with Crippen molar-refractivity contribution in [2.24, 2.45) is 5.73 Å². The van der Waals surface area contributed by atoms with Crippen molar-refractivity contribution < 1.29 is 9.53 Å². The summed E-state index contributed by atoms with van der Waals surface area (Å²) in [4.78, 5) is 11.0. The van der Waals surface area contributed by atoms with E-state index >= 15 is 0 Å². The number of benzene rings is 1. The molecule has 0 aromatic heterocycles. The number of esters is 1. The van der Waals surface area contributed by atoms with Crippen LogP contribution in [0.25, 0.3) is 0 Å². The molecule has 0 saturated heterocycles. The zero-order chi connectivity index (χ0) is 10.6. The minimum atomic E-state index is -0.296. The third-order valence-corrected chi connectivity index (χ3v) is 2.44. The van der Waals surface area contributed by atoms with Gasteiger partial charge in [-0.25, -0.2) is 0 Å². The van der Waals surface area contributed by atoms with Gasteiger partial charge >= 0.3 is 5.97 Å². The monoisotopic (exact) mass is 257 g/mol. The summed E-state index contributed by atoms with van der Waals surface area (Å²) < 4.78 is 5.53. The first-order valence-electron chi connectivity index (χ1n) is 4.21. The Kier molecular flexibility index (Phi) is 4.10. The molecular formula is C10H12BrNO2. The van der Waals surface area contributed by atoms with Gasteiger partial charge in [0.05, 0.1) is 13.5 Å². The van der Waals surface area contributed by atoms with Crippen LogP contribution in [0.15, 0.2) is 28.7 Å². The minimum Gasteiger partial charge on any atom is -0.469 e. The van der Waals surface area contributed by atoms with E-state index in [1.807, 2.05) is 24.3 Å². The zero-order valence-corrected chi connectivity index (χ0v) is 9.45. The van der Waals surface area contributed by atoms with Crippen molar-refractivity contribution in [1.29, 1.82) is 0 Å². The smallest absolute Gasteiger partial charge is 0.307 e. The lowest BCUT2D eigenvalue weighted by molar-refractivity contribution is -0.141. The van der Waals surface area contributed by atoms with Gasteiger partial charge < -0.3 is 10.5 Å². The Hall–Kier alpha value is -0.870. The molecule has 0 radical (unpaired) electrons. The average molecular weight is 258 g/mol. The van der Waals surface area contributed by atoms with E-state index in [0.29, 0.717) is 0 Å². The van der Waals surface area contributed by atoms with E-state index in [-0.39, 0.29) is 18.4 Å². The highest BCUT2D eigenvalue weighted by atomic mass is 79.9. The molecule has 0 unspecified atom stereocenters. The molecule has 0 bridgehead atoms. The summed E-state index contributed by atoms with van der Waals surface area (Å²) in [5.74, 6) is -0.291. The summed E-state index contributed by atoms with van der Waals surface area (Å²) in [6.45, 7) is 0. The Morgan fingerprint density at radius 3 is 2.57 bits per heavy atom. The van der Waals surface area contributed by atoms with Gasteiger partial charge in [-0.3, -0.25) is 4.79 Å². The molecule has 1 aromatic carbocycles. The quantitative estimate of drug-likeness (QED) is 0.844. The maximum atomic E-state index is 11.0. The van der Waals surface area contributed by atoms with Gasteiger partial charge in [0.2, 0.25) is 0 Å². The summed E-state index contributed by atoms with van der Waals surface area (Å²) >= 11 is 3.33. The van der Waals surface area contributed by atoms with Crippen LogP contribution in [-0.2, 0) is 9.53 Å². The molecule has 4 heteroatoms. The van der Waals surface area contributed by atoms with Crippen LogP contribution in [0.4, 0.5) is 0 Å². The summed E-state index contributed by atoms with van der Waals surface area (Å²) in [5, 5.41) is 0. The minimum absolute atomic E-state index is 0.206. The maximum Gasteiger partial charge on any atom is 0.307 e. The molecule has 1 aromatic rings. The number of rotatable bonds is 3. The lowest BCUT2D eigenvalue weighted by Crippen LogP contribution is -2.16. The lowest BCUT2D eigenvalue weighted by Gasteiger charge is -2.10. The van der Waals surface area contributed by atoms with Crippen molar-refractivity contribution in [3.8, 4) is 0 Å². The Labute approximate surface area is 91.4 Å². The van der Waals surface area contributed by atoms with E-state index in [4.69, 9.17) is 5.73 Å². The van der Waals surface area contributed by atoms with Crippen molar-refractivity contribution >= 4 is 21.9 Å². The van der Waals surface area contributed by atoms with Crippen LogP contribution in [0.3, 0.4) is 0 Å². The number of carbonyl (C=O) groups is 1. The van der Waals surface area contributed by atoms with Crippen molar-refractivity contribution in [1.82, 2.24) is 0 Å². The predicted molar refractivity (Wildman–Crippen MR) is 57.7 cm³/mol. The highest BCUT2D eigenvalue weighted by Crippen LogP contribution is 2.17. The molecule has 1 rings (SSSR count). The van der Waals surface area contributed by atoms with Crippen LogP contribution in [0, 0.1) is 0 Å². The molecule has 0 saturated carbocycles. The second-order valence-electron chi connectivity index (χ2n) is 2.94. The summed E-state index contributed by atoms with van der Waals surface area (Å²) in [5.41, 5.74) is 6.73. The van der Waals surface area contributed by atoms with E-state index in [1.54, 1.807) is 0 Å². The Balaban J connectivity index is 2.65. The normalized spacial score (nSPS) is 12.2. The third kappa shape index (κ3) is 3.12. The highest BCUT2D eigenvalue weighted by Gasteiger charge is 2.11. The molecule has 0 aliphatic heterocycles. The summed E-state index contributed by atoms with van der Waals surface area (Å²) in [6.07, 6.45) is 0.206. The summed E-state index contributed by atoms with van der Waals surface area (Å²) in [6, 6.07) is 7.27. The largest absolute Gasteiger partial charge is 0.469 e. The van der Waals surface area contributed by atoms with Gasteiger partial charge in [0.15, 0.2) is 0 Å². The van der Waals surface area contributed by atoms with Crippen LogP contribution in [0.1, 0.15) is 18.0 Å². The van der Waals surface area contributed by atoms with E-state index in [2.05, 4.69) is 20.7 Å². The van der Waals surface area contributed by atoms with Crippen LogP contribution < -0.4 is 5.73 Å². The first-order chi connectivity index (χ1) is 6.63. The number of hydrogen-bond donors (Lipinski definition) is 1. The SMILES string of the molecule is COC(=O)C[C@@H](N)c1ccc(Br)cc1. The van der Waals surface area contributed by atoms with Crippen LogP contribution in [-0.4, -0.2) is 13.1 Å². The lowest BCUT2D eigenvalue weighted by atomic mass is 10.1. The molecule has 0 heterocycles. The molecular weight excluding hydrogens is 246 g/mol. The van der Waals surface area contributed by atoms with E-state index in [9.17, 15) is 4.79 Å². The maximum absolute atomic E-state index is 11.0. The number of hydrogen-bond acceptors (Lipinski definition) is 3. The number of ether oxygens (including phenoxy) is 1. The second-order valence-corrected chi connectivity index (χ2v) is 3.85. The van der Waals surface area contributed by atoms with Gasteiger partial charge in [-0.15, -0.1) is 0 Å². The van der Waals surface area contributed by atoms with Gasteiger partial charge in [-0.2, -0.15) is 0 Å². The van der Waals surface area contributed by atoms with Crippen LogP contribution in [0.5, 0.6) is 0 Å². The average Bonchev–Trinajstić information content (AvgIpc) is 2.18. The molecule has 0 fully saturated rings. The summed E-state index contributed by atoms with van der Waals surface area (Å²) in [7, 11) is 1.36. The van der Waals surface area contributed by atoms with Crippen molar-refractivity contribution in [2.75, 3.05) is 7.11 Å². The van der Waals surface area contributed by atoms with Crippen molar-refractivity contribution in [3.05, 3.63) is 34.3 Å². The highest BCUT2D eigenvalue weighted by molar-refractivity contribution is 9.10. The molecule has 0 amide bonds. The molecule has 0 spiro atoms. The fraction of sp³-hybridized carbons (Fsp3) is 0.300. The molecule has 14 heavy (non-hydrogen) atoms. The number of methoxy groups -OCH3 is 1. The van der Waals surface area contributed by atoms with Gasteiger partial charge in [0, 0.05) is 10.5 Å². The third-order valence-electron chi connectivity index (χ3n) is 1.91. The van der Waals surface area contributed by atoms with Gasteiger partial charge in [0.25, 0.3) is 0 Å². The van der Waals surface area contributed by atoms with Gasteiger partial charge in [-0.1, -0.05) is 28.1 Å². The Morgan fingerprint density at radius 1 is 1.50 bits per heavy atom. The number of halogens is 1. The Morgan fingerprint density at radius 2 is 2.07 bits per heavy atom. The molecule has 2 N–H and O–H groups in total. The molecule has 0 aliphatic carbocycles. The number of carbonyl (C=O) groups excluding carboxylic acids is 1. The van der Waals surface area contributed by atoms with Crippen molar-refractivity contribution in [2.45, 2.75) is 12.5 Å². The predicted octanol–water partition coefficient (Wildman–Crippen LogP) is 2.01. The Bertz CT molecular complexity index is 310. The first kappa shape index (κ1) is 11.2. The van der Waals surface area contributed by atoms with Crippen molar-refractivity contribution in [3.63, 3.8) is 0 Å². The van der Waals surface area contributed by atoms with Crippen LogP contribution >= 0.6 is 15.9 Å². The van der Waals surface area contributed by atoms with Crippen LogP contribution in [0.2, 0.25) is 0 Å². The number of nitrogens with two attached hydrogens (primary N) is 1. The van der Waals surface area contributed by atoms with Gasteiger partial charge in [-0.05, 0) is 17.7 Å². The second kappa shape index (κ2) is 5.12. The standard InChI is InChI=1S/C10H12BrNO2/c1-14-10(13)6-9(12)7-2-4-8(11)5-3-7/h2-5,9H,6,12H2,1H3/t9-/m1/s1. The van der Waals surface area contributed by atoms with E-state index < -0.39 is 0 Å². The molecule has 3 nitrogen and oxygen atoms in total. The molecule has 0 aliphatic rings. The zero-order valence-electron chi connectivity index (χ0n) is 7.87. The van der Waals surface area contributed by atoms with Gasteiger partial charge in [0.1, 0.15) is 0 Å². The fourth-order valence-electron chi connectivity index (χ4n) is 1.09. The van der Waals surface area contributed by atoms with E-state index in [1.165, 1.54) is 7.11 Å². The molecule has 1 atom stereocenters. The fourth-order valence-corrected chi connectivity index (χ4v) is 1.36.